The number of rotatable bonds is 5. The highest BCUT2D eigenvalue weighted by Gasteiger charge is 2.35. The third-order valence-electron chi connectivity index (χ3n) is 4.77. The van der Waals surface area contributed by atoms with Crippen LogP contribution in [0.25, 0.3) is 11.3 Å². The van der Waals surface area contributed by atoms with E-state index >= 15 is 0 Å². The zero-order valence-electron chi connectivity index (χ0n) is 16.5. The Morgan fingerprint density at radius 3 is 2.52 bits per heavy atom. The Morgan fingerprint density at radius 2 is 1.87 bits per heavy atom. The van der Waals surface area contributed by atoms with Gasteiger partial charge in [-0.3, -0.25) is 4.79 Å². The molecule has 6 nitrogen and oxygen atoms in total. The number of thiol groups is 1. The molecular weight excluding hydrogens is 434 g/mol. The topological polar surface area (TPSA) is 78.5 Å². The fourth-order valence-electron chi connectivity index (χ4n) is 3.31. The van der Waals surface area contributed by atoms with Crippen molar-refractivity contribution in [2.24, 2.45) is 0 Å². The van der Waals surface area contributed by atoms with E-state index in [0.717, 1.165) is 17.0 Å². The summed E-state index contributed by atoms with van der Waals surface area (Å²) in [5.74, 6) is 1.33. The molecule has 0 saturated carbocycles. The molecule has 31 heavy (non-hydrogen) atoms. The van der Waals surface area contributed by atoms with Gasteiger partial charge < -0.3 is 19.4 Å². The number of amides is 1. The summed E-state index contributed by atoms with van der Waals surface area (Å²) in [7, 11) is 0. The second-order valence-corrected chi connectivity index (χ2v) is 7.55. The number of furan rings is 1. The van der Waals surface area contributed by atoms with Crippen molar-refractivity contribution in [2.45, 2.75) is 13.1 Å². The van der Waals surface area contributed by atoms with Crippen molar-refractivity contribution in [3.8, 4) is 23.1 Å². The predicted octanol–water partition coefficient (Wildman–Crippen LogP) is 5.30. The lowest BCUT2D eigenvalue weighted by Gasteiger charge is -2.36. The van der Waals surface area contributed by atoms with E-state index in [4.69, 9.17) is 20.8 Å². The molecule has 0 aliphatic carbocycles. The molecule has 1 aliphatic rings. The first-order chi connectivity index (χ1) is 15.0. The number of nitriles is 1. The van der Waals surface area contributed by atoms with Crippen molar-refractivity contribution in [1.29, 1.82) is 5.26 Å². The zero-order valence-corrected chi connectivity index (χ0v) is 18.2. The maximum Gasteiger partial charge on any atom is 0.266 e. The van der Waals surface area contributed by atoms with Gasteiger partial charge in [0.05, 0.1) is 11.6 Å². The number of hydrogen-bond donors (Lipinski definition) is 2. The molecule has 1 atom stereocenters. The summed E-state index contributed by atoms with van der Waals surface area (Å²) in [6.45, 7) is 2.46. The van der Waals surface area contributed by atoms with Crippen molar-refractivity contribution in [1.82, 2.24) is 5.32 Å². The molecule has 0 saturated heterocycles. The van der Waals surface area contributed by atoms with Crippen LogP contribution in [0.3, 0.4) is 0 Å². The van der Waals surface area contributed by atoms with E-state index in [1.165, 1.54) is 0 Å². The summed E-state index contributed by atoms with van der Waals surface area (Å²) in [6, 6.07) is 20.1. The van der Waals surface area contributed by atoms with Gasteiger partial charge in [0.2, 0.25) is 0 Å². The average Bonchev–Trinajstić information content (AvgIpc) is 3.25. The number of nitrogens with zero attached hydrogens (tertiary/aromatic N) is 2. The minimum atomic E-state index is -0.684. The predicted molar refractivity (Wildman–Crippen MR) is 122 cm³/mol. The molecule has 156 valence electrons. The van der Waals surface area contributed by atoms with Crippen molar-refractivity contribution in [2.75, 3.05) is 11.5 Å². The first-order valence-electron chi connectivity index (χ1n) is 9.53. The monoisotopic (exact) mass is 451 g/mol. The number of halogens is 1. The maximum atomic E-state index is 12.5. The van der Waals surface area contributed by atoms with Crippen LogP contribution in [0, 0.1) is 11.3 Å². The summed E-state index contributed by atoms with van der Waals surface area (Å²) in [6.07, 6.45) is -0.684. The molecule has 0 fully saturated rings. The second kappa shape index (κ2) is 8.80. The quantitative estimate of drug-likeness (QED) is 0.515. The van der Waals surface area contributed by atoms with Crippen LogP contribution in [0.4, 0.5) is 5.69 Å². The van der Waals surface area contributed by atoms with Crippen LogP contribution in [0.1, 0.15) is 18.8 Å². The van der Waals surface area contributed by atoms with Crippen LogP contribution in [0.2, 0.25) is 5.02 Å². The Hall–Kier alpha value is -3.34. The van der Waals surface area contributed by atoms with Gasteiger partial charge in [-0.2, -0.15) is 5.26 Å². The third kappa shape index (κ3) is 4.13. The van der Waals surface area contributed by atoms with Crippen molar-refractivity contribution in [3.05, 3.63) is 82.0 Å². The molecule has 3 aromatic rings. The largest absolute Gasteiger partial charge is 0.494 e. The van der Waals surface area contributed by atoms with Gasteiger partial charge in [0.25, 0.3) is 5.91 Å². The number of hydrogen-bond acceptors (Lipinski definition) is 6. The first kappa shape index (κ1) is 20.9. The molecule has 1 N–H and O–H groups in total. The fourth-order valence-corrected chi connectivity index (χ4v) is 3.82. The molecule has 0 bridgehead atoms. The fraction of sp³-hybridized carbons (Fsp3) is 0.130. The summed E-state index contributed by atoms with van der Waals surface area (Å²) in [4.78, 5) is 14.2. The minimum Gasteiger partial charge on any atom is -0.494 e. The number of nitrogens with one attached hydrogen (secondary N) is 1. The summed E-state index contributed by atoms with van der Waals surface area (Å²) in [5, 5.41) is 13.2. The standard InChI is InChI=1S/C23H18ClN3O3S/c1-2-29-17-9-7-16(8-10-17)27-21(26-22(28)18(13-25)23(27)31)20-12-11-19(30-20)14-3-5-15(24)6-4-14/h3-12,21,31H,2H2,1H3,(H,26,28). The Morgan fingerprint density at radius 1 is 1.16 bits per heavy atom. The molecule has 1 unspecified atom stereocenters. The minimum absolute atomic E-state index is 0.0713. The Balaban J connectivity index is 1.74. The Bertz CT molecular complexity index is 1180. The van der Waals surface area contributed by atoms with Gasteiger partial charge in [-0.05, 0) is 67.6 Å². The molecule has 4 rings (SSSR count). The molecule has 1 aromatic heterocycles. The number of ether oxygens (including phenoxy) is 1. The molecule has 2 aromatic carbocycles. The maximum absolute atomic E-state index is 12.5. The van der Waals surface area contributed by atoms with E-state index in [1.807, 2.05) is 55.5 Å². The van der Waals surface area contributed by atoms with E-state index in [2.05, 4.69) is 17.9 Å². The van der Waals surface area contributed by atoms with Gasteiger partial charge in [0.1, 0.15) is 28.9 Å². The zero-order chi connectivity index (χ0) is 22.0. The van der Waals surface area contributed by atoms with Gasteiger partial charge in [0.15, 0.2) is 6.17 Å². The van der Waals surface area contributed by atoms with Crippen LogP contribution >= 0.6 is 24.2 Å². The highest BCUT2D eigenvalue weighted by molar-refractivity contribution is 7.84. The molecule has 0 spiro atoms. The van der Waals surface area contributed by atoms with Gasteiger partial charge >= 0.3 is 0 Å². The van der Waals surface area contributed by atoms with Crippen LogP contribution < -0.4 is 15.0 Å². The number of carbonyl (C=O) groups excluding carboxylic acids is 1. The van der Waals surface area contributed by atoms with E-state index in [1.54, 1.807) is 23.1 Å². The molecule has 1 aliphatic heterocycles. The lowest BCUT2D eigenvalue weighted by atomic mass is 10.1. The molecule has 2 heterocycles. The van der Waals surface area contributed by atoms with Crippen LogP contribution in [0.5, 0.6) is 5.75 Å². The van der Waals surface area contributed by atoms with Gasteiger partial charge in [-0.1, -0.05) is 11.6 Å². The van der Waals surface area contributed by atoms with Gasteiger partial charge in [0, 0.05) is 16.3 Å². The summed E-state index contributed by atoms with van der Waals surface area (Å²) >= 11 is 10.5. The van der Waals surface area contributed by atoms with E-state index in [-0.39, 0.29) is 10.6 Å². The van der Waals surface area contributed by atoms with Gasteiger partial charge in [-0.25, -0.2) is 0 Å². The van der Waals surface area contributed by atoms with Crippen molar-refractivity contribution in [3.63, 3.8) is 0 Å². The van der Waals surface area contributed by atoms with Crippen molar-refractivity contribution < 1.29 is 13.9 Å². The van der Waals surface area contributed by atoms with Crippen LogP contribution in [-0.4, -0.2) is 12.5 Å². The lowest BCUT2D eigenvalue weighted by molar-refractivity contribution is -0.118. The lowest BCUT2D eigenvalue weighted by Crippen LogP contribution is -2.45. The number of anilines is 1. The Labute approximate surface area is 190 Å². The third-order valence-corrected chi connectivity index (χ3v) is 5.46. The smallest absolute Gasteiger partial charge is 0.266 e. The van der Waals surface area contributed by atoms with E-state index < -0.39 is 12.1 Å². The average molecular weight is 452 g/mol. The Kier molecular flexibility index (Phi) is 5.94. The van der Waals surface area contributed by atoms with Gasteiger partial charge in [-0.15, -0.1) is 12.6 Å². The SMILES string of the molecule is CCOc1ccc(N2C(S)=C(C#N)C(=O)NC2c2ccc(-c3ccc(Cl)cc3)o2)cc1. The van der Waals surface area contributed by atoms with Crippen LogP contribution in [0.15, 0.2) is 75.7 Å². The van der Waals surface area contributed by atoms with E-state index in [0.29, 0.717) is 23.2 Å². The van der Waals surface area contributed by atoms with Crippen molar-refractivity contribution >= 4 is 35.8 Å². The number of carbonyl (C=O) groups is 1. The molecule has 8 heteroatoms. The van der Waals surface area contributed by atoms with Crippen LogP contribution in [-0.2, 0) is 4.79 Å². The normalized spacial score (nSPS) is 16.1. The molecule has 1 amide bonds. The highest BCUT2D eigenvalue weighted by Crippen LogP contribution is 2.38. The first-order valence-corrected chi connectivity index (χ1v) is 10.4. The molecule has 0 radical (unpaired) electrons. The second-order valence-electron chi connectivity index (χ2n) is 6.69. The number of benzene rings is 2. The summed E-state index contributed by atoms with van der Waals surface area (Å²) in [5.41, 5.74) is 1.50. The highest BCUT2D eigenvalue weighted by atomic mass is 35.5. The molecular formula is C23H18ClN3O3S. The van der Waals surface area contributed by atoms with E-state index in [9.17, 15) is 10.1 Å². The summed E-state index contributed by atoms with van der Waals surface area (Å²) < 4.78 is 11.6.